The van der Waals surface area contributed by atoms with Crippen LogP contribution in [0.3, 0.4) is 0 Å². The number of amides is 1. The Morgan fingerprint density at radius 1 is 1.10 bits per heavy atom. The van der Waals surface area contributed by atoms with Gasteiger partial charge in [-0.3, -0.25) is 9.69 Å². The van der Waals surface area contributed by atoms with Crippen molar-refractivity contribution in [2.75, 3.05) is 26.2 Å². The van der Waals surface area contributed by atoms with Gasteiger partial charge in [0, 0.05) is 60.2 Å². The quantitative estimate of drug-likeness (QED) is 0.454. The molecule has 148 valence electrons. The highest BCUT2D eigenvalue weighted by Crippen LogP contribution is 2.37. The molecule has 0 radical (unpaired) electrons. The fraction of sp³-hybridized carbons (Fsp3) is 0.238. The molecule has 8 heteroatoms. The van der Waals surface area contributed by atoms with Crippen LogP contribution in [0.5, 0.6) is 0 Å². The Labute approximate surface area is 182 Å². The summed E-state index contributed by atoms with van der Waals surface area (Å²) in [5.41, 5.74) is 2.00. The molecule has 0 atom stereocenters. The van der Waals surface area contributed by atoms with Crippen LogP contribution in [0.2, 0.25) is 10.0 Å². The van der Waals surface area contributed by atoms with Crippen molar-refractivity contribution in [1.29, 1.82) is 0 Å². The molecule has 0 saturated carbocycles. The molecule has 1 aliphatic heterocycles. The van der Waals surface area contributed by atoms with Gasteiger partial charge in [0.2, 0.25) is 0 Å². The number of hydrogen-bond donors (Lipinski definition) is 0. The highest BCUT2D eigenvalue weighted by atomic mass is 35.5. The first-order valence-electron chi connectivity index (χ1n) is 9.40. The van der Waals surface area contributed by atoms with Crippen LogP contribution in [0.15, 0.2) is 48.8 Å². The number of thiophene rings is 1. The Morgan fingerprint density at radius 3 is 2.72 bits per heavy atom. The zero-order valence-electron chi connectivity index (χ0n) is 15.5. The zero-order valence-corrected chi connectivity index (χ0v) is 17.8. The Morgan fingerprint density at radius 2 is 1.93 bits per heavy atom. The fourth-order valence-corrected chi connectivity index (χ4v) is 5.48. The maximum Gasteiger partial charge on any atom is 0.265 e. The van der Waals surface area contributed by atoms with Crippen LogP contribution < -0.4 is 0 Å². The number of benzene rings is 1. The van der Waals surface area contributed by atoms with Crippen LogP contribution in [-0.2, 0) is 6.54 Å². The molecule has 0 unspecified atom stereocenters. The lowest BCUT2D eigenvalue weighted by atomic mass is 10.2. The summed E-state index contributed by atoms with van der Waals surface area (Å²) in [6.45, 7) is 3.77. The average Bonchev–Trinajstić information content (AvgIpc) is 3.28. The van der Waals surface area contributed by atoms with Crippen LogP contribution in [-0.4, -0.2) is 51.3 Å². The maximum absolute atomic E-state index is 13.0. The van der Waals surface area contributed by atoms with E-state index >= 15 is 0 Å². The van der Waals surface area contributed by atoms with Crippen LogP contribution >= 0.6 is 34.5 Å². The normalized spacial score (nSPS) is 15.4. The minimum atomic E-state index is -0.000275. The van der Waals surface area contributed by atoms with E-state index in [-0.39, 0.29) is 5.91 Å². The minimum Gasteiger partial charge on any atom is -0.335 e. The lowest BCUT2D eigenvalue weighted by molar-refractivity contribution is 0.0632. The lowest BCUT2D eigenvalue weighted by Crippen LogP contribution is -2.48. The number of aromatic nitrogens is 2. The van der Waals surface area contributed by atoms with Gasteiger partial charge in [-0.2, -0.15) is 0 Å². The highest BCUT2D eigenvalue weighted by molar-refractivity contribution is 7.21. The van der Waals surface area contributed by atoms with E-state index in [4.69, 9.17) is 23.2 Å². The molecule has 1 aromatic carbocycles. The summed E-state index contributed by atoms with van der Waals surface area (Å²) in [6.07, 6.45) is 4.07. The number of imidazole rings is 1. The van der Waals surface area contributed by atoms with Gasteiger partial charge in [0.15, 0.2) is 0 Å². The molecule has 4 aromatic rings. The second kappa shape index (κ2) is 7.61. The summed E-state index contributed by atoms with van der Waals surface area (Å²) < 4.78 is 2.97. The monoisotopic (exact) mass is 444 g/mol. The first kappa shape index (κ1) is 18.9. The molecule has 5 nitrogen and oxygen atoms in total. The Bertz CT molecular complexity index is 1180. The predicted molar refractivity (Wildman–Crippen MR) is 118 cm³/mol. The van der Waals surface area contributed by atoms with Gasteiger partial charge in [0.25, 0.3) is 5.91 Å². The van der Waals surface area contributed by atoms with Crippen molar-refractivity contribution in [2.45, 2.75) is 6.54 Å². The number of piperazine rings is 1. The second-order valence-electron chi connectivity index (χ2n) is 7.15. The average molecular weight is 445 g/mol. The molecule has 3 aromatic heterocycles. The van der Waals surface area contributed by atoms with Crippen molar-refractivity contribution in [3.8, 4) is 0 Å². The van der Waals surface area contributed by atoms with E-state index in [0.29, 0.717) is 28.0 Å². The minimum absolute atomic E-state index is 0.000275. The molecule has 5 rings (SSSR count). The lowest BCUT2D eigenvalue weighted by Gasteiger charge is -2.34. The summed E-state index contributed by atoms with van der Waals surface area (Å²) in [4.78, 5) is 22.5. The van der Waals surface area contributed by atoms with Crippen molar-refractivity contribution in [1.82, 2.24) is 19.2 Å². The van der Waals surface area contributed by atoms with Crippen molar-refractivity contribution in [2.24, 2.45) is 0 Å². The van der Waals surface area contributed by atoms with E-state index in [1.165, 1.54) is 11.3 Å². The van der Waals surface area contributed by atoms with Crippen molar-refractivity contribution in [3.05, 3.63) is 69.4 Å². The van der Waals surface area contributed by atoms with Crippen LogP contribution in [0.1, 0.15) is 15.4 Å². The molecule has 0 N–H and O–H groups in total. The zero-order chi connectivity index (χ0) is 20.0. The highest BCUT2D eigenvalue weighted by Gasteiger charge is 2.26. The SMILES string of the molecule is O=C(c1sc2cc(Cl)ccc2c1Cl)N1CCN(Cc2cn3ccccc3n2)CC1. The van der Waals surface area contributed by atoms with Gasteiger partial charge in [0.05, 0.1) is 10.7 Å². The van der Waals surface area contributed by atoms with Gasteiger partial charge in [-0.05, 0) is 24.3 Å². The van der Waals surface area contributed by atoms with Crippen molar-refractivity contribution < 1.29 is 4.79 Å². The standard InChI is InChI=1S/C21H18Cl2N4OS/c22-14-4-5-16-17(11-14)29-20(19(16)23)21(28)26-9-7-25(8-10-26)12-15-13-27-6-2-1-3-18(27)24-15/h1-6,11,13H,7-10,12H2. The van der Waals surface area contributed by atoms with Crippen molar-refractivity contribution in [3.63, 3.8) is 0 Å². The molecular formula is C21H18Cl2N4OS. The van der Waals surface area contributed by atoms with Gasteiger partial charge >= 0.3 is 0 Å². The van der Waals surface area contributed by atoms with Crippen LogP contribution in [0, 0.1) is 0 Å². The van der Waals surface area contributed by atoms with E-state index in [2.05, 4.69) is 16.1 Å². The topological polar surface area (TPSA) is 40.9 Å². The maximum atomic E-state index is 13.0. The Balaban J connectivity index is 1.26. The molecule has 4 heterocycles. The molecule has 1 saturated heterocycles. The number of hydrogen-bond acceptors (Lipinski definition) is 4. The van der Waals surface area contributed by atoms with Crippen LogP contribution in [0.25, 0.3) is 15.7 Å². The molecule has 0 aliphatic carbocycles. The van der Waals surface area contributed by atoms with Gasteiger partial charge < -0.3 is 9.30 Å². The third kappa shape index (κ3) is 3.62. The number of carbonyl (C=O) groups is 1. The van der Waals surface area contributed by atoms with Gasteiger partial charge in [0.1, 0.15) is 10.5 Å². The van der Waals surface area contributed by atoms with E-state index in [1.54, 1.807) is 6.07 Å². The van der Waals surface area contributed by atoms with Gasteiger partial charge in [-0.25, -0.2) is 4.98 Å². The summed E-state index contributed by atoms with van der Waals surface area (Å²) in [6, 6.07) is 11.5. The smallest absolute Gasteiger partial charge is 0.265 e. The predicted octanol–water partition coefficient (Wildman–Crippen LogP) is 4.81. The largest absolute Gasteiger partial charge is 0.335 e. The van der Waals surface area contributed by atoms with E-state index < -0.39 is 0 Å². The molecule has 0 bridgehead atoms. The third-order valence-electron chi connectivity index (χ3n) is 5.24. The second-order valence-corrected chi connectivity index (χ2v) is 9.02. The van der Waals surface area contributed by atoms with Gasteiger partial charge in [-0.15, -0.1) is 11.3 Å². The molecule has 1 amide bonds. The Hall–Kier alpha value is -2.12. The number of fused-ring (bicyclic) bond motifs is 2. The number of halogens is 2. The number of carbonyl (C=O) groups excluding carboxylic acids is 1. The Kier molecular flexibility index (Phi) is 4.95. The molecular weight excluding hydrogens is 427 g/mol. The number of nitrogens with zero attached hydrogens (tertiary/aromatic N) is 4. The van der Waals surface area contributed by atoms with Crippen LogP contribution in [0.4, 0.5) is 0 Å². The van der Waals surface area contributed by atoms with Crippen molar-refractivity contribution >= 4 is 56.2 Å². The van der Waals surface area contributed by atoms with E-state index in [0.717, 1.165) is 41.1 Å². The summed E-state index contributed by atoms with van der Waals surface area (Å²) in [5, 5.41) is 2.06. The summed E-state index contributed by atoms with van der Waals surface area (Å²) in [7, 11) is 0. The first-order valence-corrected chi connectivity index (χ1v) is 11.0. The molecule has 29 heavy (non-hydrogen) atoms. The number of rotatable bonds is 3. The third-order valence-corrected chi connectivity index (χ3v) is 7.13. The van der Waals surface area contributed by atoms with E-state index in [9.17, 15) is 4.79 Å². The fourth-order valence-electron chi connectivity index (χ4n) is 3.72. The summed E-state index contributed by atoms with van der Waals surface area (Å²) in [5.74, 6) is -0.000275. The summed E-state index contributed by atoms with van der Waals surface area (Å²) >= 11 is 14.0. The van der Waals surface area contributed by atoms with Gasteiger partial charge in [-0.1, -0.05) is 35.3 Å². The first-order chi connectivity index (χ1) is 14.1. The molecule has 1 fully saturated rings. The molecule has 1 aliphatic rings. The van der Waals surface area contributed by atoms with E-state index in [1.807, 2.05) is 45.8 Å². The molecule has 0 spiro atoms. The number of pyridine rings is 1.